The quantitative estimate of drug-likeness (QED) is 0.887. The average molecular weight is 331 g/mol. The molecule has 114 valence electrons. The Hall–Kier alpha value is -1.46. The Balaban J connectivity index is 2.09. The lowest BCUT2D eigenvalue weighted by Gasteiger charge is -2.23. The smallest absolute Gasteiger partial charge is 0.321 e. The lowest BCUT2D eigenvalue weighted by atomic mass is 9.84. The first-order valence-corrected chi connectivity index (χ1v) is 7.38. The van der Waals surface area contributed by atoms with Gasteiger partial charge in [-0.25, -0.2) is 4.79 Å². The maximum absolute atomic E-state index is 12.2. The zero-order chi connectivity index (χ0) is 15.6. The number of benzene rings is 1. The second-order valence-electron chi connectivity index (χ2n) is 5.16. The molecule has 0 aromatic heterocycles. The molecule has 1 aromatic carbocycles. The summed E-state index contributed by atoms with van der Waals surface area (Å²) in [5.41, 5.74) is -0.436. The molecule has 2 rings (SSSR count). The van der Waals surface area contributed by atoms with Gasteiger partial charge in [-0.15, -0.1) is 0 Å². The van der Waals surface area contributed by atoms with Crippen molar-refractivity contribution in [3.63, 3.8) is 0 Å². The first-order chi connectivity index (χ1) is 9.88. The van der Waals surface area contributed by atoms with Gasteiger partial charge in [0.2, 0.25) is 0 Å². The molecule has 7 heteroatoms. The average Bonchev–Trinajstić information content (AvgIpc) is 2.89. The van der Waals surface area contributed by atoms with Crippen molar-refractivity contribution in [1.82, 2.24) is 4.90 Å². The van der Waals surface area contributed by atoms with E-state index in [2.05, 4.69) is 5.32 Å². The Kier molecular flexibility index (Phi) is 4.64. The lowest BCUT2D eigenvalue weighted by molar-refractivity contribution is -0.148. The summed E-state index contributed by atoms with van der Waals surface area (Å²) >= 11 is 11.9. The summed E-state index contributed by atoms with van der Waals surface area (Å²) < 4.78 is 0. The summed E-state index contributed by atoms with van der Waals surface area (Å²) in [7, 11) is 0. The number of halogens is 2. The third-order valence-corrected chi connectivity index (χ3v) is 4.51. The van der Waals surface area contributed by atoms with E-state index >= 15 is 0 Å². The number of aliphatic carboxylic acids is 1. The minimum atomic E-state index is -0.860. The molecule has 1 fully saturated rings. The van der Waals surface area contributed by atoms with Crippen LogP contribution in [0.3, 0.4) is 0 Å². The summed E-state index contributed by atoms with van der Waals surface area (Å²) in [5, 5.41) is 12.9. The number of urea groups is 1. The third kappa shape index (κ3) is 3.24. The van der Waals surface area contributed by atoms with Crippen LogP contribution in [-0.2, 0) is 4.79 Å². The van der Waals surface area contributed by atoms with Gasteiger partial charge in [-0.1, -0.05) is 30.1 Å². The van der Waals surface area contributed by atoms with Crippen molar-refractivity contribution >= 4 is 40.9 Å². The highest BCUT2D eigenvalue weighted by Crippen LogP contribution is 2.35. The number of likely N-dealkylation sites (tertiary alicyclic amines) is 1. The Labute approximate surface area is 132 Å². The van der Waals surface area contributed by atoms with E-state index in [1.165, 1.54) is 4.90 Å². The van der Waals surface area contributed by atoms with Crippen molar-refractivity contribution in [1.29, 1.82) is 0 Å². The van der Waals surface area contributed by atoms with E-state index in [0.29, 0.717) is 35.1 Å². The highest BCUT2D eigenvalue weighted by atomic mass is 35.5. The SMILES string of the molecule is CCC1(C(=O)O)CCN(C(=O)Nc2cc(Cl)ccc2Cl)C1. The van der Waals surface area contributed by atoms with Crippen molar-refractivity contribution in [3.8, 4) is 0 Å². The van der Waals surface area contributed by atoms with Gasteiger partial charge < -0.3 is 15.3 Å². The van der Waals surface area contributed by atoms with E-state index in [9.17, 15) is 14.7 Å². The molecular weight excluding hydrogens is 315 g/mol. The molecule has 1 unspecified atom stereocenters. The zero-order valence-corrected chi connectivity index (χ0v) is 13.0. The molecule has 1 aliphatic heterocycles. The molecular formula is C14H16Cl2N2O3. The van der Waals surface area contributed by atoms with Crippen LogP contribution in [0.1, 0.15) is 19.8 Å². The standard InChI is InChI=1S/C14H16Cl2N2O3/c1-2-14(12(19)20)5-6-18(8-14)13(21)17-11-7-9(15)3-4-10(11)16/h3-4,7H,2,5-6,8H2,1H3,(H,17,21)(H,19,20). The number of rotatable bonds is 3. The summed E-state index contributed by atoms with van der Waals surface area (Å²) in [5.74, 6) is -0.860. The largest absolute Gasteiger partial charge is 0.481 e. The van der Waals surface area contributed by atoms with E-state index in [-0.39, 0.29) is 12.6 Å². The topological polar surface area (TPSA) is 69.6 Å². The van der Waals surface area contributed by atoms with Crippen molar-refractivity contribution in [3.05, 3.63) is 28.2 Å². The number of carbonyl (C=O) groups is 2. The van der Waals surface area contributed by atoms with Gasteiger partial charge in [0.25, 0.3) is 0 Å². The van der Waals surface area contributed by atoms with Crippen LogP contribution in [0.2, 0.25) is 10.0 Å². The Morgan fingerprint density at radius 3 is 2.71 bits per heavy atom. The second-order valence-corrected chi connectivity index (χ2v) is 6.01. The van der Waals surface area contributed by atoms with Gasteiger partial charge in [-0.3, -0.25) is 4.79 Å². The molecule has 0 radical (unpaired) electrons. The highest BCUT2D eigenvalue weighted by molar-refractivity contribution is 6.35. The molecule has 0 bridgehead atoms. The summed E-state index contributed by atoms with van der Waals surface area (Å²) in [6.07, 6.45) is 0.944. The van der Waals surface area contributed by atoms with Gasteiger partial charge in [0.15, 0.2) is 0 Å². The predicted molar refractivity (Wildman–Crippen MR) is 82.0 cm³/mol. The van der Waals surface area contributed by atoms with Crippen LogP contribution >= 0.6 is 23.2 Å². The van der Waals surface area contributed by atoms with Crippen molar-refractivity contribution in [2.75, 3.05) is 18.4 Å². The number of nitrogens with one attached hydrogen (secondary N) is 1. The van der Waals surface area contributed by atoms with Crippen molar-refractivity contribution < 1.29 is 14.7 Å². The van der Waals surface area contributed by atoms with E-state index in [1.54, 1.807) is 18.2 Å². The van der Waals surface area contributed by atoms with Crippen LogP contribution in [0.5, 0.6) is 0 Å². The fourth-order valence-corrected chi connectivity index (χ4v) is 2.78. The molecule has 1 aliphatic rings. The van der Waals surface area contributed by atoms with Crippen LogP contribution in [-0.4, -0.2) is 35.1 Å². The van der Waals surface area contributed by atoms with Gasteiger partial charge in [0.05, 0.1) is 16.1 Å². The molecule has 5 nitrogen and oxygen atoms in total. The number of carbonyl (C=O) groups excluding carboxylic acids is 1. The zero-order valence-electron chi connectivity index (χ0n) is 11.5. The van der Waals surface area contributed by atoms with Crippen LogP contribution in [0.15, 0.2) is 18.2 Å². The van der Waals surface area contributed by atoms with Gasteiger partial charge in [-0.05, 0) is 31.0 Å². The molecule has 1 heterocycles. The fraction of sp³-hybridized carbons (Fsp3) is 0.429. The third-order valence-electron chi connectivity index (χ3n) is 3.94. The molecule has 2 N–H and O–H groups in total. The molecule has 0 spiro atoms. The number of anilines is 1. The highest BCUT2D eigenvalue weighted by Gasteiger charge is 2.44. The molecule has 0 saturated carbocycles. The second kappa shape index (κ2) is 6.12. The van der Waals surface area contributed by atoms with Gasteiger partial charge in [0, 0.05) is 18.1 Å². The van der Waals surface area contributed by atoms with Crippen LogP contribution < -0.4 is 5.32 Å². The summed E-state index contributed by atoms with van der Waals surface area (Å²) in [6, 6.07) is 4.41. The monoisotopic (exact) mass is 330 g/mol. The summed E-state index contributed by atoms with van der Waals surface area (Å²) in [4.78, 5) is 25.1. The van der Waals surface area contributed by atoms with Gasteiger partial charge in [-0.2, -0.15) is 0 Å². The number of carboxylic acid groups (broad SMARTS) is 1. The maximum Gasteiger partial charge on any atom is 0.321 e. The van der Waals surface area contributed by atoms with Crippen molar-refractivity contribution in [2.45, 2.75) is 19.8 Å². The van der Waals surface area contributed by atoms with Gasteiger partial charge >= 0.3 is 12.0 Å². The molecule has 0 aliphatic carbocycles. The Bertz CT molecular complexity index is 579. The predicted octanol–water partition coefficient (Wildman–Crippen LogP) is 3.71. The number of carboxylic acids is 1. The minimum absolute atomic E-state index is 0.197. The van der Waals surface area contributed by atoms with E-state index in [0.717, 1.165) is 0 Å². The number of hydrogen-bond acceptors (Lipinski definition) is 2. The van der Waals surface area contributed by atoms with E-state index in [4.69, 9.17) is 23.2 Å². The number of amides is 2. The van der Waals surface area contributed by atoms with Crippen molar-refractivity contribution in [2.24, 2.45) is 5.41 Å². The number of hydrogen-bond donors (Lipinski definition) is 2. The van der Waals surface area contributed by atoms with Crippen LogP contribution in [0.25, 0.3) is 0 Å². The maximum atomic E-state index is 12.2. The first-order valence-electron chi connectivity index (χ1n) is 6.62. The molecule has 2 amide bonds. The summed E-state index contributed by atoms with van der Waals surface area (Å²) in [6.45, 7) is 2.43. The Morgan fingerprint density at radius 2 is 2.14 bits per heavy atom. The number of nitrogens with zero attached hydrogens (tertiary/aromatic N) is 1. The first kappa shape index (κ1) is 15.9. The molecule has 21 heavy (non-hydrogen) atoms. The molecule has 1 saturated heterocycles. The molecule has 1 aromatic rings. The minimum Gasteiger partial charge on any atom is -0.481 e. The lowest BCUT2D eigenvalue weighted by Crippen LogP contribution is -2.38. The van der Waals surface area contributed by atoms with E-state index in [1.807, 2.05) is 6.92 Å². The normalized spacial score (nSPS) is 21.4. The Morgan fingerprint density at radius 1 is 1.43 bits per heavy atom. The van der Waals surface area contributed by atoms with E-state index < -0.39 is 11.4 Å². The van der Waals surface area contributed by atoms with Gasteiger partial charge in [0.1, 0.15) is 0 Å². The fourth-order valence-electron chi connectivity index (χ4n) is 2.45. The van der Waals surface area contributed by atoms with Crippen LogP contribution in [0.4, 0.5) is 10.5 Å². The molecule has 1 atom stereocenters. The van der Waals surface area contributed by atoms with Crippen LogP contribution in [0, 0.1) is 5.41 Å².